The molecule has 1 aliphatic heterocycles. The molecule has 0 unspecified atom stereocenters. The monoisotopic (exact) mass is 535 g/mol. The Morgan fingerprint density at radius 1 is 0.975 bits per heavy atom. The van der Waals surface area contributed by atoms with Crippen molar-refractivity contribution in [3.8, 4) is 5.75 Å². The van der Waals surface area contributed by atoms with Gasteiger partial charge >= 0.3 is 0 Å². The zero-order chi connectivity index (χ0) is 28.1. The van der Waals surface area contributed by atoms with Gasteiger partial charge in [-0.05, 0) is 60.7 Å². The van der Waals surface area contributed by atoms with Gasteiger partial charge in [0.15, 0.2) is 0 Å². The highest BCUT2D eigenvalue weighted by Gasteiger charge is 2.45. The highest BCUT2D eigenvalue weighted by Crippen LogP contribution is 2.39. The summed E-state index contributed by atoms with van der Waals surface area (Å²) in [4.78, 5) is 32.2. The molecule has 1 saturated heterocycles. The lowest BCUT2D eigenvalue weighted by molar-refractivity contribution is -0.139. The summed E-state index contributed by atoms with van der Waals surface area (Å²) in [6, 6.07) is 22.3. The minimum absolute atomic E-state index is 0.102. The van der Waals surface area contributed by atoms with Crippen LogP contribution in [0.5, 0.6) is 5.75 Å². The van der Waals surface area contributed by atoms with Gasteiger partial charge < -0.3 is 19.3 Å². The summed E-state index contributed by atoms with van der Waals surface area (Å²) >= 11 is 0. The molecule has 1 N–H and O–H groups in total. The first-order chi connectivity index (χ1) is 19.4. The average molecular weight is 536 g/mol. The summed E-state index contributed by atoms with van der Waals surface area (Å²) in [5.41, 5.74) is 4.73. The largest absolute Gasteiger partial charge is 0.507 e. The van der Waals surface area contributed by atoms with E-state index in [0.29, 0.717) is 37.4 Å². The predicted octanol–water partition coefficient (Wildman–Crippen LogP) is 5.84. The summed E-state index contributed by atoms with van der Waals surface area (Å²) in [6.07, 6.45) is 6.82. The summed E-state index contributed by atoms with van der Waals surface area (Å²) in [6.45, 7) is 5.56. The molecule has 40 heavy (non-hydrogen) atoms. The lowest BCUT2D eigenvalue weighted by atomic mass is 9.94. The van der Waals surface area contributed by atoms with Gasteiger partial charge in [0, 0.05) is 31.0 Å². The maximum atomic E-state index is 13.3. The maximum absolute atomic E-state index is 13.3. The first kappa shape index (κ1) is 26.9. The minimum Gasteiger partial charge on any atom is -0.507 e. The number of aliphatic hydroxyl groups is 1. The Bertz CT molecular complexity index is 1510. The van der Waals surface area contributed by atoms with Gasteiger partial charge in [-0.2, -0.15) is 0 Å². The van der Waals surface area contributed by atoms with E-state index in [1.165, 1.54) is 5.56 Å². The summed E-state index contributed by atoms with van der Waals surface area (Å²) < 4.78 is 7.85. The number of amides is 1. The fraction of sp³-hybridized carbons (Fsp3) is 0.242. The van der Waals surface area contributed by atoms with Gasteiger partial charge in [0.05, 0.1) is 17.9 Å². The SMILES string of the molecule is CCc1ccc([C@@H]2C(=C(O)c3ccc(OCc4cccc(C)c4)cc3)C(=O)C(=O)N2CCCn2ccnc2)cc1. The van der Waals surface area contributed by atoms with Crippen molar-refractivity contribution >= 4 is 17.4 Å². The molecule has 1 aliphatic rings. The van der Waals surface area contributed by atoms with Crippen LogP contribution in [0.15, 0.2) is 97.1 Å². The quantitative estimate of drug-likeness (QED) is 0.157. The molecule has 0 aliphatic carbocycles. The van der Waals surface area contributed by atoms with Crippen molar-refractivity contribution in [2.45, 2.75) is 45.9 Å². The number of ether oxygens (including phenoxy) is 1. The number of carbonyl (C=O) groups is 2. The number of hydrogen-bond donors (Lipinski definition) is 1. The number of aliphatic hydroxyl groups excluding tert-OH is 1. The molecule has 0 bridgehead atoms. The van der Waals surface area contributed by atoms with Crippen LogP contribution in [0.2, 0.25) is 0 Å². The maximum Gasteiger partial charge on any atom is 0.295 e. The molecule has 1 fully saturated rings. The van der Waals surface area contributed by atoms with E-state index >= 15 is 0 Å². The van der Waals surface area contributed by atoms with Crippen LogP contribution >= 0.6 is 0 Å². The third kappa shape index (κ3) is 5.83. The number of hydrogen-bond acceptors (Lipinski definition) is 5. The van der Waals surface area contributed by atoms with Crippen LogP contribution in [-0.4, -0.2) is 37.8 Å². The smallest absolute Gasteiger partial charge is 0.295 e. The van der Waals surface area contributed by atoms with Gasteiger partial charge in [-0.15, -0.1) is 0 Å². The fourth-order valence-corrected chi connectivity index (χ4v) is 5.07. The number of imidazole rings is 1. The zero-order valence-corrected chi connectivity index (χ0v) is 22.8. The topological polar surface area (TPSA) is 84.7 Å². The summed E-state index contributed by atoms with van der Waals surface area (Å²) in [5, 5.41) is 11.4. The van der Waals surface area contributed by atoms with Crippen molar-refractivity contribution in [2.75, 3.05) is 6.54 Å². The van der Waals surface area contributed by atoms with E-state index in [9.17, 15) is 14.7 Å². The Hall–Kier alpha value is -4.65. The van der Waals surface area contributed by atoms with Crippen molar-refractivity contribution < 1.29 is 19.4 Å². The number of ketones is 1. The number of aryl methyl sites for hydroxylation is 3. The molecule has 2 heterocycles. The van der Waals surface area contributed by atoms with Crippen LogP contribution in [0.3, 0.4) is 0 Å². The summed E-state index contributed by atoms with van der Waals surface area (Å²) in [7, 11) is 0. The standard InChI is InChI=1S/C33H33N3O4/c1-3-24-8-10-26(11-9-24)30-29(32(38)33(39)36(30)18-5-17-35-19-16-34-22-35)31(37)27-12-14-28(15-13-27)40-21-25-7-4-6-23(2)20-25/h4,6-16,19-20,22,30,37H,3,5,17-18,21H2,1-2H3/t30-/m1/s1. The van der Waals surface area contributed by atoms with Gasteiger partial charge in [-0.1, -0.05) is 61.0 Å². The van der Waals surface area contributed by atoms with Crippen molar-refractivity contribution in [2.24, 2.45) is 0 Å². The molecule has 0 spiro atoms. The Morgan fingerprint density at radius 3 is 2.42 bits per heavy atom. The second-order valence-electron chi connectivity index (χ2n) is 10.0. The van der Waals surface area contributed by atoms with Crippen molar-refractivity contribution in [3.05, 3.63) is 125 Å². The number of aromatic nitrogens is 2. The molecule has 0 saturated carbocycles. The fourth-order valence-electron chi connectivity index (χ4n) is 5.07. The van der Waals surface area contributed by atoms with Crippen LogP contribution in [0.1, 0.15) is 47.2 Å². The van der Waals surface area contributed by atoms with E-state index in [1.54, 1.807) is 41.7 Å². The highest BCUT2D eigenvalue weighted by atomic mass is 16.5. The molecular formula is C33H33N3O4. The molecule has 4 aromatic rings. The Kier molecular flexibility index (Phi) is 8.10. The number of Topliss-reactive ketones (excluding diaryl/α,β-unsaturated/α-hetero) is 1. The van der Waals surface area contributed by atoms with Gasteiger partial charge in [0.25, 0.3) is 11.7 Å². The van der Waals surface area contributed by atoms with E-state index in [2.05, 4.69) is 18.0 Å². The van der Waals surface area contributed by atoms with Gasteiger partial charge in [-0.3, -0.25) is 9.59 Å². The highest BCUT2D eigenvalue weighted by molar-refractivity contribution is 6.46. The molecule has 0 radical (unpaired) electrons. The number of benzene rings is 3. The average Bonchev–Trinajstić information content (AvgIpc) is 3.58. The first-order valence-electron chi connectivity index (χ1n) is 13.6. The normalized spacial score (nSPS) is 16.4. The van der Waals surface area contributed by atoms with E-state index in [4.69, 9.17) is 4.74 Å². The van der Waals surface area contributed by atoms with Crippen LogP contribution < -0.4 is 4.74 Å². The van der Waals surface area contributed by atoms with E-state index in [-0.39, 0.29) is 11.3 Å². The van der Waals surface area contributed by atoms with E-state index < -0.39 is 17.7 Å². The lowest BCUT2D eigenvalue weighted by Crippen LogP contribution is -2.31. The second kappa shape index (κ2) is 12.0. The molecule has 1 aromatic heterocycles. The predicted molar refractivity (Wildman–Crippen MR) is 154 cm³/mol. The van der Waals surface area contributed by atoms with Crippen molar-refractivity contribution in [1.82, 2.24) is 14.5 Å². The molecule has 1 atom stereocenters. The second-order valence-corrected chi connectivity index (χ2v) is 10.0. The van der Waals surface area contributed by atoms with Crippen LogP contribution in [0, 0.1) is 6.92 Å². The van der Waals surface area contributed by atoms with Gasteiger partial charge in [0.2, 0.25) is 0 Å². The van der Waals surface area contributed by atoms with Crippen molar-refractivity contribution in [1.29, 1.82) is 0 Å². The minimum atomic E-state index is -0.676. The number of likely N-dealkylation sites (tertiary alicyclic amines) is 1. The molecule has 3 aromatic carbocycles. The molecule has 204 valence electrons. The number of carbonyl (C=O) groups excluding carboxylic acids is 2. The molecule has 5 rings (SSSR count). The van der Waals surface area contributed by atoms with E-state index in [1.807, 2.05) is 60.2 Å². The zero-order valence-electron chi connectivity index (χ0n) is 22.8. The molecular weight excluding hydrogens is 502 g/mol. The summed E-state index contributed by atoms with van der Waals surface area (Å²) in [5.74, 6) is -0.825. The van der Waals surface area contributed by atoms with E-state index in [0.717, 1.165) is 23.1 Å². The molecule has 7 heteroatoms. The van der Waals surface area contributed by atoms with Crippen LogP contribution in [-0.2, 0) is 29.2 Å². The van der Waals surface area contributed by atoms with Crippen molar-refractivity contribution in [3.63, 3.8) is 0 Å². The third-order valence-electron chi connectivity index (χ3n) is 7.23. The Balaban J connectivity index is 1.41. The van der Waals surface area contributed by atoms with Crippen LogP contribution in [0.25, 0.3) is 5.76 Å². The Labute approximate surface area is 234 Å². The lowest BCUT2D eigenvalue weighted by Gasteiger charge is -2.25. The number of rotatable bonds is 10. The Morgan fingerprint density at radius 2 is 1.75 bits per heavy atom. The first-order valence-corrected chi connectivity index (χ1v) is 13.6. The van der Waals surface area contributed by atoms with Gasteiger partial charge in [-0.25, -0.2) is 4.98 Å². The molecule has 7 nitrogen and oxygen atoms in total. The number of nitrogens with zero attached hydrogens (tertiary/aromatic N) is 3. The molecule has 1 amide bonds. The third-order valence-corrected chi connectivity index (χ3v) is 7.23. The van der Waals surface area contributed by atoms with Crippen LogP contribution in [0.4, 0.5) is 0 Å². The van der Waals surface area contributed by atoms with Gasteiger partial charge in [0.1, 0.15) is 18.1 Å².